The fourth-order valence-corrected chi connectivity index (χ4v) is 3.17. The second-order valence-corrected chi connectivity index (χ2v) is 6.55. The third-order valence-electron chi connectivity index (χ3n) is 3.34. The Kier molecular flexibility index (Phi) is 6.33. The molecule has 1 N–H and O–H groups in total. The van der Waals surface area contributed by atoms with E-state index in [0.717, 1.165) is 18.8 Å². The Morgan fingerprint density at radius 1 is 1.33 bits per heavy atom. The van der Waals surface area contributed by atoms with Gasteiger partial charge in [0.1, 0.15) is 0 Å². The van der Waals surface area contributed by atoms with Gasteiger partial charge in [0.15, 0.2) is 0 Å². The summed E-state index contributed by atoms with van der Waals surface area (Å²) >= 11 is 1.87. The number of nitrogens with zero attached hydrogens (tertiary/aromatic N) is 2. The highest BCUT2D eigenvalue weighted by Gasteiger charge is 2.06. The monoisotopic (exact) mass is 303 g/mol. The first kappa shape index (κ1) is 16.1. The lowest BCUT2D eigenvalue weighted by Crippen LogP contribution is -2.13. The lowest BCUT2D eigenvalue weighted by molar-refractivity contribution is 0.584. The highest BCUT2D eigenvalue weighted by atomic mass is 32.2. The molecule has 2 rings (SSSR count). The maximum absolute atomic E-state index is 4.26. The summed E-state index contributed by atoms with van der Waals surface area (Å²) in [4.78, 5) is 5.58. The van der Waals surface area contributed by atoms with Crippen LogP contribution >= 0.6 is 11.8 Å². The lowest BCUT2D eigenvalue weighted by Gasteiger charge is -2.11. The van der Waals surface area contributed by atoms with E-state index < -0.39 is 0 Å². The smallest absolute Gasteiger partial charge is 0.0950 e. The number of thioether (sulfide) groups is 1. The van der Waals surface area contributed by atoms with Crippen molar-refractivity contribution in [2.24, 2.45) is 0 Å². The van der Waals surface area contributed by atoms with Gasteiger partial charge in [-0.2, -0.15) is 0 Å². The zero-order chi connectivity index (χ0) is 15.1. The van der Waals surface area contributed by atoms with Crippen molar-refractivity contribution < 1.29 is 0 Å². The Bertz CT molecular complexity index is 548. The van der Waals surface area contributed by atoms with Crippen molar-refractivity contribution in [3.8, 4) is 0 Å². The molecule has 0 spiro atoms. The van der Waals surface area contributed by atoms with Gasteiger partial charge in [-0.3, -0.25) is 0 Å². The fraction of sp³-hybridized carbons (Fsp3) is 0.471. The van der Waals surface area contributed by atoms with Gasteiger partial charge in [-0.15, -0.1) is 11.8 Å². The minimum absolute atomic E-state index is 0.465. The molecule has 3 nitrogen and oxygen atoms in total. The van der Waals surface area contributed by atoms with Gasteiger partial charge >= 0.3 is 0 Å². The third kappa shape index (κ3) is 4.90. The summed E-state index contributed by atoms with van der Waals surface area (Å²) in [5.41, 5.74) is 2.63. The van der Waals surface area contributed by atoms with E-state index in [-0.39, 0.29) is 0 Å². The van der Waals surface area contributed by atoms with Crippen molar-refractivity contribution in [2.75, 3.05) is 6.54 Å². The molecular formula is C17H25N3S. The van der Waals surface area contributed by atoms with Crippen LogP contribution in [0.4, 0.5) is 0 Å². The van der Waals surface area contributed by atoms with E-state index in [1.165, 1.54) is 22.6 Å². The van der Waals surface area contributed by atoms with Crippen LogP contribution < -0.4 is 5.32 Å². The van der Waals surface area contributed by atoms with Gasteiger partial charge in [0.25, 0.3) is 0 Å². The van der Waals surface area contributed by atoms with E-state index >= 15 is 0 Å². The van der Waals surface area contributed by atoms with Crippen molar-refractivity contribution in [1.29, 1.82) is 0 Å². The van der Waals surface area contributed by atoms with Crippen LogP contribution in [0.1, 0.15) is 44.5 Å². The summed E-state index contributed by atoms with van der Waals surface area (Å²) in [5, 5.41) is 3.45. The zero-order valence-electron chi connectivity index (χ0n) is 13.2. The maximum atomic E-state index is 4.26. The summed E-state index contributed by atoms with van der Waals surface area (Å²) in [6.45, 7) is 8.60. The fourth-order valence-electron chi connectivity index (χ4n) is 2.22. The lowest BCUT2D eigenvalue weighted by atomic mass is 10.2. The highest BCUT2D eigenvalue weighted by molar-refractivity contribution is 7.98. The van der Waals surface area contributed by atoms with Crippen molar-refractivity contribution in [2.45, 2.75) is 50.4 Å². The van der Waals surface area contributed by atoms with Crippen LogP contribution in [0.2, 0.25) is 0 Å². The van der Waals surface area contributed by atoms with Crippen LogP contribution in [0.3, 0.4) is 0 Å². The second-order valence-electron chi connectivity index (χ2n) is 5.50. The summed E-state index contributed by atoms with van der Waals surface area (Å²) in [5.74, 6) is 0.962. The van der Waals surface area contributed by atoms with E-state index in [4.69, 9.17) is 0 Å². The molecule has 0 saturated carbocycles. The van der Waals surface area contributed by atoms with Gasteiger partial charge in [-0.05, 0) is 44.5 Å². The molecule has 114 valence electrons. The molecule has 0 amide bonds. The van der Waals surface area contributed by atoms with Gasteiger partial charge in [0, 0.05) is 35.1 Å². The molecule has 0 unspecified atom stereocenters. The third-order valence-corrected chi connectivity index (χ3v) is 4.37. The largest absolute Gasteiger partial charge is 0.331 e. The van der Waals surface area contributed by atoms with Crippen molar-refractivity contribution >= 4 is 11.8 Å². The number of nitrogens with one attached hydrogen (secondary N) is 1. The minimum Gasteiger partial charge on any atom is -0.331 e. The Morgan fingerprint density at radius 3 is 2.95 bits per heavy atom. The molecule has 1 aromatic heterocycles. The quantitative estimate of drug-likeness (QED) is 0.584. The van der Waals surface area contributed by atoms with Crippen LogP contribution in [0, 0.1) is 0 Å². The molecule has 2 aromatic rings. The summed E-state index contributed by atoms with van der Waals surface area (Å²) in [6.07, 6.45) is 5.07. The number of rotatable bonds is 8. The van der Waals surface area contributed by atoms with Crippen molar-refractivity contribution in [3.63, 3.8) is 0 Å². The molecule has 1 heterocycles. The van der Waals surface area contributed by atoms with E-state index in [1.807, 2.05) is 24.3 Å². The Hall–Kier alpha value is -1.26. The molecule has 1 aromatic carbocycles. The number of hydrogen-bond acceptors (Lipinski definition) is 3. The summed E-state index contributed by atoms with van der Waals surface area (Å²) in [6, 6.07) is 9.26. The average molecular weight is 303 g/mol. The van der Waals surface area contributed by atoms with Crippen LogP contribution in [-0.2, 0) is 12.3 Å². The normalized spacial score (nSPS) is 11.2. The number of imidazole rings is 1. The van der Waals surface area contributed by atoms with Gasteiger partial charge in [0.05, 0.1) is 6.33 Å². The molecule has 0 aliphatic carbocycles. The zero-order valence-corrected chi connectivity index (χ0v) is 14.0. The van der Waals surface area contributed by atoms with Crippen LogP contribution in [0.15, 0.2) is 41.7 Å². The van der Waals surface area contributed by atoms with Crippen molar-refractivity contribution in [1.82, 2.24) is 14.9 Å². The second kappa shape index (κ2) is 8.25. The van der Waals surface area contributed by atoms with E-state index in [0.29, 0.717) is 6.04 Å². The topological polar surface area (TPSA) is 29.9 Å². The Labute approximate surface area is 132 Å². The first-order chi connectivity index (χ1) is 10.2. The van der Waals surface area contributed by atoms with Gasteiger partial charge in [-0.1, -0.05) is 19.1 Å². The standard InChI is InChI=1S/C17H25N3S/c1-4-8-18-10-15-6-5-7-17(9-15)21-12-16-11-19-13-20(16)14(2)3/h5-7,9,11,13-14,18H,4,8,10,12H2,1-3H3. The molecule has 21 heavy (non-hydrogen) atoms. The minimum atomic E-state index is 0.465. The first-order valence-corrected chi connectivity index (χ1v) is 8.62. The summed E-state index contributed by atoms with van der Waals surface area (Å²) < 4.78 is 2.24. The van der Waals surface area contributed by atoms with Crippen LogP contribution in [0.5, 0.6) is 0 Å². The number of hydrogen-bond donors (Lipinski definition) is 1. The molecule has 0 aliphatic heterocycles. The average Bonchev–Trinajstić information content (AvgIpc) is 2.94. The Balaban J connectivity index is 1.93. The summed E-state index contributed by atoms with van der Waals surface area (Å²) in [7, 11) is 0. The van der Waals surface area contributed by atoms with Crippen LogP contribution in [0.25, 0.3) is 0 Å². The predicted molar refractivity (Wildman–Crippen MR) is 90.6 cm³/mol. The van der Waals surface area contributed by atoms with Crippen LogP contribution in [-0.4, -0.2) is 16.1 Å². The maximum Gasteiger partial charge on any atom is 0.0950 e. The molecule has 0 bridgehead atoms. The highest BCUT2D eigenvalue weighted by Crippen LogP contribution is 2.24. The van der Waals surface area contributed by atoms with Gasteiger partial charge < -0.3 is 9.88 Å². The molecule has 0 radical (unpaired) electrons. The Morgan fingerprint density at radius 2 is 2.19 bits per heavy atom. The number of benzene rings is 1. The number of aromatic nitrogens is 2. The predicted octanol–water partition coefficient (Wildman–Crippen LogP) is 4.26. The molecular weight excluding hydrogens is 278 g/mol. The molecule has 0 fully saturated rings. The molecule has 4 heteroatoms. The molecule has 0 aliphatic rings. The SMILES string of the molecule is CCCNCc1cccc(SCc2cncn2C(C)C)c1. The van der Waals surface area contributed by atoms with E-state index in [1.54, 1.807) is 0 Å². The van der Waals surface area contributed by atoms with E-state index in [9.17, 15) is 0 Å². The van der Waals surface area contributed by atoms with E-state index in [2.05, 4.69) is 59.9 Å². The first-order valence-electron chi connectivity index (χ1n) is 7.64. The van der Waals surface area contributed by atoms with Gasteiger partial charge in [0.2, 0.25) is 0 Å². The molecule has 0 atom stereocenters. The van der Waals surface area contributed by atoms with Crippen molar-refractivity contribution in [3.05, 3.63) is 48.0 Å². The molecule has 0 saturated heterocycles. The van der Waals surface area contributed by atoms with Gasteiger partial charge in [-0.25, -0.2) is 4.98 Å².